The van der Waals surface area contributed by atoms with E-state index >= 15 is 0 Å². The van der Waals surface area contributed by atoms with Crippen LogP contribution in [0.25, 0.3) is 0 Å². The fourth-order valence-corrected chi connectivity index (χ4v) is 7.49. The number of allylic oxidation sites excluding steroid dienone is 10. The number of ether oxygens (including phenoxy) is 3. The number of hydrogen-bond acceptors (Lipinski definition) is 6. The van der Waals surface area contributed by atoms with Gasteiger partial charge in [0.1, 0.15) is 13.2 Å². The summed E-state index contributed by atoms with van der Waals surface area (Å²) in [5.74, 6) is -0.894. The molecule has 0 aromatic carbocycles. The summed E-state index contributed by atoms with van der Waals surface area (Å²) in [7, 11) is 0. The van der Waals surface area contributed by atoms with Crippen LogP contribution in [0, 0.1) is 0 Å². The lowest BCUT2D eigenvalue weighted by Crippen LogP contribution is -2.30. The van der Waals surface area contributed by atoms with Gasteiger partial charge in [-0.2, -0.15) is 0 Å². The van der Waals surface area contributed by atoms with Crippen molar-refractivity contribution in [1.29, 1.82) is 0 Å². The highest BCUT2D eigenvalue weighted by molar-refractivity contribution is 5.71. The maximum atomic E-state index is 12.8. The van der Waals surface area contributed by atoms with E-state index in [4.69, 9.17) is 14.2 Å². The Kier molecular flexibility index (Phi) is 49.4. The quantitative estimate of drug-likeness (QED) is 0.0262. The second-order valence-electron chi connectivity index (χ2n) is 17.8. The molecule has 0 rings (SSSR count). The highest BCUT2D eigenvalue weighted by Crippen LogP contribution is 2.15. The Morgan fingerprint density at radius 1 is 0.333 bits per heavy atom. The normalized spacial score (nSPS) is 12.5. The van der Waals surface area contributed by atoms with Crippen LogP contribution in [0.2, 0.25) is 0 Å². The summed E-state index contributed by atoms with van der Waals surface area (Å²) in [4.78, 5) is 37.9. The smallest absolute Gasteiger partial charge is 0.306 e. The van der Waals surface area contributed by atoms with Crippen LogP contribution < -0.4 is 0 Å². The van der Waals surface area contributed by atoms with E-state index in [1.807, 2.05) is 0 Å². The van der Waals surface area contributed by atoms with Crippen molar-refractivity contribution in [3.8, 4) is 0 Å². The van der Waals surface area contributed by atoms with E-state index in [1.54, 1.807) is 0 Å². The second-order valence-corrected chi connectivity index (χ2v) is 17.8. The molecule has 0 bridgehead atoms. The summed E-state index contributed by atoms with van der Waals surface area (Å²) in [6.45, 7) is 6.49. The van der Waals surface area contributed by atoms with Gasteiger partial charge in [-0.15, -0.1) is 0 Å². The van der Waals surface area contributed by atoms with E-state index in [0.717, 1.165) is 103 Å². The van der Waals surface area contributed by atoms with Gasteiger partial charge < -0.3 is 14.2 Å². The van der Waals surface area contributed by atoms with E-state index in [1.165, 1.54) is 122 Å². The van der Waals surface area contributed by atoms with Crippen LogP contribution >= 0.6 is 0 Å². The van der Waals surface area contributed by atoms with E-state index in [-0.39, 0.29) is 31.1 Å². The van der Waals surface area contributed by atoms with Crippen molar-refractivity contribution >= 4 is 17.9 Å². The van der Waals surface area contributed by atoms with Crippen molar-refractivity contribution in [3.63, 3.8) is 0 Å². The van der Waals surface area contributed by atoms with Crippen LogP contribution in [0.4, 0.5) is 0 Å². The molecular formula is C57H100O6. The number of unbranched alkanes of at least 4 members (excludes halogenated alkanes) is 27. The first-order valence-corrected chi connectivity index (χ1v) is 26.8. The van der Waals surface area contributed by atoms with Gasteiger partial charge in [-0.05, 0) is 83.5 Å². The van der Waals surface area contributed by atoms with Crippen LogP contribution in [-0.4, -0.2) is 37.2 Å². The maximum Gasteiger partial charge on any atom is 0.306 e. The average Bonchev–Trinajstić information content (AvgIpc) is 3.28. The van der Waals surface area contributed by atoms with E-state index in [0.29, 0.717) is 19.3 Å². The zero-order valence-electron chi connectivity index (χ0n) is 41.6. The molecule has 0 amide bonds. The maximum absolute atomic E-state index is 12.8. The molecule has 1 unspecified atom stereocenters. The largest absolute Gasteiger partial charge is 0.462 e. The van der Waals surface area contributed by atoms with Crippen molar-refractivity contribution < 1.29 is 28.6 Å². The van der Waals surface area contributed by atoms with Crippen LogP contribution in [0.3, 0.4) is 0 Å². The third-order valence-corrected chi connectivity index (χ3v) is 11.5. The van der Waals surface area contributed by atoms with Gasteiger partial charge in [0.15, 0.2) is 6.10 Å². The highest BCUT2D eigenvalue weighted by Gasteiger charge is 2.19. The van der Waals surface area contributed by atoms with Gasteiger partial charge in [0.25, 0.3) is 0 Å². The van der Waals surface area contributed by atoms with Gasteiger partial charge in [-0.1, -0.05) is 223 Å². The first-order chi connectivity index (χ1) is 31.0. The molecule has 0 heterocycles. The van der Waals surface area contributed by atoms with Crippen LogP contribution in [0.5, 0.6) is 0 Å². The zero-order chi connectivity index (χ0) is 45.8. The molecule has 0 aromatic rings. The number of rotatable bonds is 48. The molecule has 0 spiro atoms. The Morgan fingerprint density at radius 3 is 0.984 bits per heavy atom. The molecule has 0 aliphatic rings. The van der Waals surface area contributed by atoms with Gasteiger partial charge in [0.2, 0.25) is 0 Å². The molecule has 0 aliphatic heterocycles. The van der Waals surface area contributed by atoms with Crippen molar-refractivity contribution in [2.75, 3.05) is 13.2 Å². The third kappa shape index (κ3) is 50.0. The Hall–Kier alpha value is -2.89. The molecule has 0 aromatic heterocycles. The fourth-order valence-electron chi connectivity index (χ4n) is 7.49. The molecule has 6 heteroatoms. The Labute approximate surface area is 390 Å². The summed E-state index contributed by atoms with van der Waals surface area (Å²) in [6.07, 6.45) is 63.6. The molecule has 0 radical (unpaired) electrons. The van der Waals surface area contributed by atoms with Gasteiger partial charge in [0.05, 0.1) is 0 Å². The second kappa shape index (κ2) is 51.7. The molecule has 0 saturated carbocycles. The molecule has 63 heavy (non-hydrogen) atoms. The summed E-state index contributed by atoms with van der Waals surface area (Å²) in [5.41, 5.74) is 0. The van der Waals surface area contributed by atoms with Crippen molar-refractivity contribution in [3.05, 3.63) is 60.8 Å². The lowest BCUT2D eigenvalue weighted by atomic mass is 10.1. The SMILES string of the molecule is CC/C=C\C/C=C\C/C=C\C/C=C\CCCCCCCCCCC(=O)OCC(COC(=O)CCCCCCCCCC)OC(=O)CCCCCCC/C=C\CCCCCCCCC. The lowest BCUT2D eigenvalue weighted by Gasteiger charge is -2.18. The first-order valence-electron chi connectivity index (χ1n) is 26.8. The van der Waals surface area contributed by atoms with Gasteiger partial charge >= 0.3 is 17.9 Å². The Balaban J connectivity index is 4.28. The number of carbonyl (C=O) groups excluding carboxylic acids is 3. The summed E-state index contributed by atoms with van der Waals surface area (Å²) >= 11 is 0. The molecule has 364 valence electrons. The number of esters is 3. The van der Waals surface area contributed by atoms with Crippen LogP contribution in [0.1, 0.15) is 265 Å². The Morgan fingerprint density at radius 2 is 0.619 bits per heavy atom. The lowest BCUT2D eigenvalue weighted by molar-refractivity contribution is -0.167. The van der Waals surface area contributed by atoms with Crippen LogP contribution in [-0.2, 0) is 28.6 Å². The van der Waals surface area contributed by atoms with Crippen molar-refractivity contribution in [1.82, 2.24) is 0 Å². The average molecular weight is 881 g/mol. The molecule has 0 N–H and O–H groups in total. The fraction of sp³-hybridized carbons (Fsp3) is 0.772. The van der Waals surface area contributed by atoms with Gasteiger partial charge in [-0.25, -0.2) is 0 Å². The molecular weight excluding hydrogens is 781 g/mol. The Bertz CT molecular complexity index is 1150. The predicted octanol–water partition coefficient (Wildman–Crippen LogP) is 17.6. The highest BCUT2D eigenvalue weighted by atomic mass is 16.6. The van der Waals surface area contributed by atoms with E-state index in [9.17, 15) is 14.4 Å². The molecule has 0 aliphatic carbocycles. The summed E-state index contributed by atoms with van der Waals surface area (Å²) in [6, 6.07) is 0. The standard InChI is InChI=1S/C57H100O6/c1-4-7-10-13-16-19-21-23-25-27-28-29-30-31-33-34-36-38-41-44-47-50-56(59)62-53-54(52-61-55(58)49-46-43-40-18-15-12-9-6-3)63-57(60)51-48-45-42-39-37-35-32-26-24-22-20-17-14-11-8-5-2/h7,10,16,19,23,25-26,28-29,32,54H,4-6,8-9,11-15,17-18,20-22,24,27,30-31,33-53H2,1-3H3/b10-7-,19-16-,25-23-,29-28-,32-26-. The van der Waals surface area contributed by atoms with Crippen molar-refractivity contribution in [2.45, 2.75) is 271 Å². The minimum atomic E-state index is -0.778. The zero-order valence-corrected chi connectivity index (χ0v) is 41.6. The molecule has 0 fully saturated rings. The summed E-state index contributed by atoms with van der Waals surface area (Å²) < 4.78 is 16.8. The number of carbonyl (C=O) groups is 3. The first kappa shape index (κ1) is 60.1. The minimum Gasteiger partial charge on any atom is -0.462 e. The summed E-state index contributed by atoms with van der Waals surface area (Å²) in [5, 5.41) is 0. The third-order valence-electron chi connectivity index (χ3n) is 11.5. The molecule has 6 nitrogen and oxygen atoms in total. The topological polar surface area (TPSA) is 78.9 Å². The van der Waals surface area contributed by atoms with E-state index in [2.05, 4.69) is 81.5 Å². The minimum absolute atomic E-state index is 0.0786. The van der Waals surface area contributed by atoms with E-state index < -0.39 is 6.10 Å². The number of hydrogen-bond donors (Lipinski definition) is 0. The monoisotopic (exact) mass is 881 g/mol. The molecule has 1 atom stereocenters. The van der Waals surface area contributed by atoms with Gasteiger partial charge in [0, 0.05) is 19.3 Å². The molecule has 0 saturated heterocycles. The van der Waals surface area contributed by atoms with Gasteiger partial charge in [-0.3, -0.25) is 14.4 Å². The predicted molar refractivity (Wildman–Crippen MR) is 270 cm³/mol. The van der Waals surface area contributed by atoms with Crippen LogP contribution in [0.15, 0.2) is 60.8 Å². The van der Waals surface area contributed by atoms with Crippen molar-refractivity contribution in [2.24, 2.45) is 0 Å².